The van der Waals surface area contributed by atoms with Gasteiger partial charge in [0.1, 0.15) is 5.75 Å². The number of nitro groups is 1. The average Bonchev–Trinajstić information content (AvgIpc) is 3.57. The fourth-order valence-corrected chi connectivity index (χ4v) is 6.09. The van der Waals surface area contributed by atoms with Gasteiger partial charge in [0.2, 0.25) is 0 Å². The van der Waals surface area contributed by atoms with Gasteiger partial charge in [0.15, 0.2) is 5.11 Å². The minimum Gasteiger partial charge on any atom is -0.495 e. The van der Waals surface area contributed by atoms with Gasteiger partial charge < -0.3 is 19.5 Å². The molecule has 5 rings (SSSR count). The second-order valence-electron chi connectivity index (χ2n) is 9.25. The van der Waals surface area contributed by atoms with Crippen molar-refractivity contribution in [1.82, 2.24) is 19.8 Å². The Morgan fingerprint density at radius 3 is 2.60 bits per heavy atom. The van der Waals surface area contributed by atoms with Gasteiger partial charge in [0.05, 0.1) is 35.5 Å². The van der Waals surface area contributed by atoms with Crippen LogP contribution in [0.3, 0.4) is 0 Å². The van der Waals surface area contributed by atoms with Crippen LogP contribution in [-0.4, -0.2) is 37.6 Å². The van der Waals surface area contributed by atoms with Gasteiger partial charge in [-0.3, -0.25) is 15.1 Å². The quantitative estimate of drug-likeness (QED) is 0.284. The highest BCUT2D eigenvalue weighted by molar-refractivity contribution is 7.80. The highest BCUT2D eigenvalue weighted by Gasteiger charge is 2.44. The average molecular weight is 492 g/mol. The van der Waals surface area contributed by atoms with Crippen LogP contribution in [0.25, 0.3) is 5.69 Å². The molecule has 8 nitrogen and oxygen atoms in total. The van der Waals surface area contributed by atoms with E-state index in [1.807, 2.05) is 35.9 Å². The number of non-ortho nitro benzene ring substituents is 1. The summed E-state index contributed by atoms with van der Waals surface area (Å²) < 4.78 is 7.64. The number of nitrogens with one attached hydrogen (secondary N) is 1. The van der Waals surface area contributed by atoms with Crippen molar-refractivity contribution in [3.63, 3.8) is 0 Å². The largest absolute Gasteiger partial charge is 0.495 e. The third kappa shape index (κ3) is 4.03. The Kier molecular flexibility index (Phi) is 6.19. The van der Waals surface area contributed by atoms with Gasteiger partial charge in [0, 0.05) is 35.8 Å². The van der Waals surface area contributed by atoms with Crippen molar-refractivity contribution in [3.05, 3.63) is 81.4 Å². The van der Waals surface area contributed by atoms with E-state index in [0.29, 0.717) is 17.5 Å². The van der Waals surface area contributed by atoms with E-state index in [-0.39, 0.29) is 22.7 Å². The third-order valence-corrected chi connectivity index (χ3v) is 7.59. The van der Waals surface area contributed by atoms with Crippen LogP contribution in [0, 0.1) is 24.0 Å². The van der Waals surface area contributed by atoms with Crippen molar-refractivity contribution in [1.29, 1.82) is 0 Å². The van der Waals surface area contributed by atoms with Gasteiger partial charge in [0.25, 0.3) is 5.69 Å². The van der Waals surface area contributed by atoms with Crippen LogP contribution in [0.4, 0.5) is 5.69 Å². The van der Waals surface area contributed by atoms with Gasteiger partial charge in [-0.05, 0) is 68.7 Å². The van der Waals surface area contributed by atoms with E-state index >= 15 is 0 Å². The number of methoxy groups -OCH3 is 1. The maximum absolute atomic E-state index is 11.5. The molecule has 0 unspecified atom stereocenters. The van der Waals surface area contributed by atoms with Crippen molar-refractivity contribution >= 4 is 23.0 Å². The normalized spacial score (nSPS) is 20.3. The number of nitrogens with zero attached hydrogens (tertiary/aromatic N) is 4. The van der Waals surface area contributed by atoms with Gasteiger partial charge in [-0.2, -0.15) is 0 Å². The molecule has 35 heavy (non-hydrogen) atoms. The Balaban J connectivity index is 1.66. The van der Waals surface area contributed by atoms with Crippen LogP contribution in [0.2, 0.25) is 0 Å². The van der Waals surface area contributed by atoms with Gasteiger partial charge >= 0.3 is 0 Å². The van der Waals surface area contributed by atoms with Crippen LogP contribution < -0.4 is 10.1 Å². The molecule has 1 aliphatic heterocycles. The molecule has 2 aliphatic rings. The summed E-state index contributed by atoms with van der Waals surface area (Å²) in [6, 6.07) is 13.1. The number of hydrogen-bond donors (Lipinski definition) is 1. The summed E-state index contributed by atoms with van der Waals surface area (Å²) in [6.45, 7) is 4.08. The molecule has 182 valence electrons. The fraction of sp³-hybridized carbons (Fsp3) is 0.385. The number of benzene rings is 1. The van der Waals surface area contributed by atoms with Gasteiger partial charge in [-0.25, -0.2) is 0 Å². The van der Waals surface area contributed by atoms with Crippen molar-refractivity contribution in [2.45, 2.75) is 57.7 Å². The first-order chi connectivity index (χ1) is 16.9. The van der Waals surface area contributed by atoms with Crippen LogP contribution in [0.15, 0.2) is 48.7 Å². The van der Waals surface area contributed by atoms with Gasteiger partial charge in [-0.1, -0.05) is 18.9 Å². The maximum Gasteiger partial charge on any atom is 0.271 e. The molecule has 1 N–H and O–H groups in total. The minimum absolute atomic E-state index is 0.0255. The zero-order chi connectivity index (χ0) is 24.7. The lowest BCUT2D eigenvalue weighted by Gasteiger charge is -2.33. The second kappa shape index (κ2) is 9.30. The van der Waals surface area contributed by atoms with Crippen molar-refractivity contribution < 1.29 is 9.66 Å². The lowest BCUT2D eigenvalue weighted by atomic mass is 9.95. The van der Waals surface area contributed by atoms with E-state index in [1.165, 1.54) is 18.9 Å². The smallest absolute Gasteiger partial charge is 0.271 e. The summed E-state index contributed by atoms with van der Waals surface area (Å²) >= 11 is 5.88. The third-order valence-electron chi connectivity index (χ3n) is 7.26. The second-order valence-corrected chi connectivity index (χ2v) is 9.63. The van der Waals surface area contributed by atoms with Crippen molar-refractivity contribution in [2.24, 2.45) is 0 Å². The molecule has 2 aromatic heterocycles. The highest BCUT2D eigenvalue weighted by Crippen LogP contribution is 2.45. The number of aromatic nitrogens is 2. The summed E-state index contributed by atoms with van der Waals surface area (Å²) in [5.41, 5.74) is 4.72. The van der Waals surface area contributed by atoms with E-state index in [1.54, 1.807) is 19.2 Å². The number of thiocarbonyl (C=S) groups is 1. The molecule has 3 heterocycles. The lowest BCUT2D eigenvalue weighted by Crippen LogP contribution is -2.37. The molecule has 1 aromatic carbocycles. The van der Waals surface area contributed by atoms with E-state index in [4.69, 9.17) is 17.0 Å². The van der Waals surface area contributed by atoms with Crippen molar-refractivity contribution in [3.8, 4) is 11.4 Å². The summed E-state index contributed by atoms with van der Waals surface area (Å²) in [6.07, 6.45) is 6.45. The summed E-state index contributed by atoms with van der Waals surface area (Å²) in [5.74, 6) is 0.581. The Labute approximate surface area is 210 Å². The predicted molar refractivity (Wildman–Crippen MR) is 138 cm³/mol. The number of aryl methyl sites for hydroxylation is 1. The molecule has 0 bridgehead atoms. The minimum atomic E-state index is -0.379. The number of nitro benzene ring substituents is 1. The Bertz CT molecular complexity index is 1270. The first kappa shape index (κ1) is 23.3. The zero-order valence-electron chi connectivity index (χ0n) is 20.1. The molecule has 1 saturated carbocycles. The van der Waals surface area contributed by atoms with E-state index in [2.05, 4.69) is 28.2 Å². The molecule has 0 radical (unpaired) electrons. The number of pyridine rings is 1. The number of hydrogen-bond acceptors (Lipinski definition) is 5. The topological polar surface area (TPSA) is 85.5 Å². The Morgan fingerprint density at radius 2 is 1.94 bits per heavy atom. The van der Waals surface area contributed by atoms with E-state index in [9.17, 15) is 10.1 Å². The van der Waals surface area contributed by atoms with Crippen LogP contribution in [0.5, 0.6) is 5.75 Å². The summed E-state index contributed by atoms with van der Waals surface area (Å²) in [4.78, 5) is 18.2. The fourth-order valence-electron chi connectivity index (χ4n) is 5.70. The molecule has 0 spiro atoms. The molecular formula is C26H29N5O3S. The predicted octanol–water partition coefficient (Wildman–Crippen LogP) is 5.32. The maximum atomic E-state index is 11.5. The van der Waals surface area contributed by atoms with Gasteiger partial charge in [-0.15, -0.1) is 0 Å². The Hall–Kier alpha value is -3.46. The summed E-state index contributed by atoms with van der Waals surface area (Å²) in [7, 11) is 1.58. The summed E-state index contributed by atoms with van der Waals surface area (Å²) in [5, 5.41) is 15.8. The molecule has 9 heteroatoms. The highest BCUT2D eigenvalue weighted by atomic mass is 32.1. The monoisotopic (exact) mass is 491 g/mol. The van der Waals surface area contributed by atoms with Crippen LogP contribution in [-0.2, 0) is 0 Å². The molecule has 0 amide bonds. The van der Waals surface area contributed by atoms with Crippen molar-refractivity contribution in [2.75, 3.05) is 7.11 Å². The number of ether oxygens (including phenoxy) is 1. The van der Waals surface area contributed by atoms with E-state index < -0.39 is 0 Å². The first-order valence-corrected chi connectivity index (χ1v) is 12.3. The Morgan fingerprint density at radius 1 is 1.17 bits per heavy atom. The SMILES string of the molecule is COc1ccc([N+](=O)[O-])cc1-n1c(C)cc([C@H]2[C@H](c3ccccn3)NC(=S)N2C2CCCC2)c1C. The molecule has 3 aromatic rings. The van der Waals surface area contributed by atoms with E-state index in [0.717, 1.165) is 40.6 Å². The lowest BCUT2D eigenvalue weighted by molar-refractivity contribution is -0.384. The molecule has 1 aliphatic carbocycles. The van der Waals surface area contributed by atoms with Crippen LogP contribution >= 0.6 is 12.2 Å². The first-order valence-electron chi connectivity index (χ1n) is 11.9. The molecule has 2 atom stereocenters. The molecular weight excluding hydrogens is 462 g/mol. The number of rotatable bonds is 6. The zero-order valence-corrected chi connectivity index (χ0v) is 20.9. The van der Waals surface area contributed by atoms with Crippen LogP contribution in [0.1, 0.15) is 60.4 Å². The molecule has 1 saturated heterocycles. The molecule has 2 fully saturated rings. The standard InChI is InChI=1S/C26H29N5O3S/c1-16-14-20(17(2)29(16)22-15-19(31(32)33)11-12-23(22)34-3)25-24(21-10-6-7-13-27-21)28-26(35)30(25)18-8-4-5-9-18/h6-7,10-15,18,24-25H,4-5,8-9H2,1-3H3,(H,28,35)/t24-,25-/m0/s1.